The summed E-state index contributed by atoms with van der Waals surface area (Å²) in [5.41, 5.74) is -4.11. The van der Waals surface area contributed by atoms with Crippen LogP contribution in [0.2, 0.25) is 0 Å². The van der Waals surface area contributed by atoms with Gasteiger partial charge < -0.3 is 15.7 Å². The van der Waals surface area contributed by atoms with E-state index in [4.69, 9.17) is 5.11 Å². The second-order valence-corrected chi connectivity index (χ2v) is 6.33. The number of rotatable bonds is 6. The summed E-state index contributed by atoms with van der Waals surface area (Å²) in [5.74, 6) is -1.07. The Morgan fingerprint density at radius 2 is 1.78 bits per heavy atom. The Morgan fingerprint density at radius 3 is 2.22 bits per heavy atom. The van der Waals surface area contributed by atoms with Crippen molar-refractivity contribution in [2.75, 3.05) is 5.32 Å². The van der Waals surface area contributed by atoms with Gasteiger partial charge in [-0.25, -0.2) is 9.59 Å². The topological polar surface area (TPSA) is 78.4 Å². The number of carbonyl (C=O) groups excluding carboxylic acids is 1. The molecule has 0 aliphatic rings. The van der Waals surface area contributed by atoms with Crippen molar-refractivity contribution in [2.45, 2.75) is 36.7 Å². The van der Waals surface area contributed by atoms with Crippen LogP contribution in [0, 0.1) is 5.92 Å². The molecule has 0 spiro atoms. The van der Waals surface area contributed by atoms with E-state index in [-0.39, 0.29) is 34.7 Å². The van der Waals surface area contributed by atoms with E-state index in [1.165, 1.54) is 24.3 Å². The van der Waals surface area contributed by atoms with E-state index in [0.717, 1.165) is 0 Å². The lowest BCUT2D eigenvalue weighted by atomic mass is 10.0. The van der Waals surface area contributed by atoms with Gasteiger partial charge in [-0.2, -0.15) is 13.2 Å². The molecule has 2 amide bonds. The third kappa shape index (κ3) is 7.78. The van der Waals surface area contributed by atoms with Crippen molar-refractivity contribution in [3.05, 3.63) is 24.3 Å². The minimum absolute atomic E-state index is 0.00771. The lowest BCUT2D eigenvalue weighted by Crippen LogP contribution is -2.43. The molecular weight excluding hydrogens is 333 g/mol. The quantitative estimate of drug-likeness (QED) is 0.680. The lowest BCUT2D eigenvalue weighted by molar-refractivity contribution is -0.139. The molecule has 0 unspecified atom stereocenters. The Kier molecular flexibility index (Phi) is 6.74. The van der Waals surface area contributed by atoms with Crippen LogP contribution in [0.15, 0.2) is 29.2 Å². The van der Waals surface area contributed by atoms with Gasteiger partial charge in [0.2, 0.25) is 0 Å². The summed E-state index contributed by atoms with van der Waals surface area (Å²) in [4.78, 5) is 22.8. The third-order valence-corrected chi connectivity index (χ3v) is 3.40. The van der Waals surface area contributed by atoms with Crippen LogP contribution in [0.3, 0.4) is 0 Å². The molecular formula is C14H17F3N2O3S. The summed E-state index contributed by atoms with van der Waals surface area (Å²) in [6.45, 7) is 3.65. The normalized spacial score (nSPS) is 12.8. The van der Waals surface area contributed by atoms with E-state index in [9.17, 15) is 22.8 Å². The highest BCUT2D eigenvalue weighted by atomic mass is 32.2. The smallest absolute Gasteiger partial charge is 0.446 e. The first-order valence-electron chi connectivity index (χ1n) is 6.73. The van der Waals surface area contributed by atoms with Crippen LogP contribution in [0.5, 0.6) is 0 Å². The number of aliphatic carboxylic acids is 1. The summed E-state index contributed by atoms with van der Waals surface area (Å²) >= 11 is -0.256. The molecule has 9 heteroatoms. The number of thioether (sulfide) groups is 1. The maximum Gasteiger partial charge on any atom is 0.446 e. The number of carboxylic acids is 1. The molecule has 128 valence electrons. The number of nitrogens with one attached hydrogen (secondary N) is 2. The number of carboxylic acid groups (broad SMARTS) is 1. The fourth-order valence-corrected chi connectivity index (χ4v) is 2.30. The predicted molar refractivity (Wildman–Crippen MR) is 81.4 cm³/mol. The predicted octanol–water partition coefficient (Wildman–Crippen LogP) is 3.92. The second kappa shape index (κ2) is 8.09. The molecule has 0 fully saturated rings. The summed E-state index contributed by atoms with van der Waals surface area (Å²) in [5, 5.41) is 13.7. The Labute approximate surface area is 135 Å². The number of amides is 2. The molecule has 0 saturated carbocycles. The Bertz CT molecular complexity index is 547. The van der Waals surface area contributed by atoms with Gasteiger partial charge in [-0.3, -0.25) is 0 Å². The number of urea groups is 1. The molecule has 23 heavy (non-hydrogen) atoms. The molecule has 5 nitrogen and oxygen atoms in total. The summed E-state index contributed by atoms with van der Waals surface area (Å²) in [6.07, 6.45) is 0.268. The molecule has 0 heterocycles. The summed E-state index contributed by atoms with van der Waals surface area (Å²) < 4.78 is 36.6. The van der Waals surface area contributed by atoms with Crippen LogP contribution >= 0.6 is 11.8 Å². The first-order chi connectivity index (χ1) is 10.6. The van der Waals surface area contributed by atoms with Gasteiger partial charge >= 0.3 is 17.5 Å². The average Bonchev–Trinajstić information content (AvgIpc) is 2.38. The number of carbonyl (C=O) groups is 2. The van der Waals surface area contributed by atoms with Crippen molar-refractivity contribution in [2.24, 2.45) is 5.92 Å². The van der Waals surface area contributed by atoms with Crippen LogP contribution in [0.1, 0.15) is 20.3 Å². The van der Waals surface area contributed by atoms with Crippen molar-refractivity contribution >= 4 is 29.4 Å². The van der Waals surface area contributed by atoms with Crippen LogP contribution in [-0.2, 0) is 4.79 Å². The van der Waals surface area contributed by atoms with E-state index in [2.05, 4.69) is 10.6 Å². The van der Waals surface area contributed by atoms with Crippen molar-refractivity contribution in [1.82, 2.24) is 5.32 Å². The van der Waals surface area contributed by atoms with E-state index < -0.39 is 23.6 Å². The summed E-state index contributed by atoms with van der Waals surface area (Å²) in [7, 11) is 0. The van der Waals surface area contributed by atoms with Crippen LogP contribution in [0.4, 0.5) is 23.7 Å². The molecule has 0 radical (unpaired) electrons. The minimum Gasteiger partial charge on any atom is -0.480 e. The molecule has 0 saturated heterocycles. The number of hydrogen-bond donors (Lipinski definition) is 3. The van der Waals surface area contributed by atoms with E-state index in [0.29, 0.717) is 0 Å². The van der Waals surface area contributed by atoms with Gasteiger partial charge in [0.05, 0.1) is 0 Å². The molecule has 1 atom stereocenters. The van der Waals surface area contributed by atoms with Crippen molar-refractivity contribution in [1.29, 1.82) is 0 Å². The van der Waals surface area contributed by atoms with Gasteiger partial charge in [-0.15, -0.1) is 0 Å². The van der Waals surface area contributed by atoms with Gasteiger partial charge in [0, 0.05) is 10.6 Å². The second-order valence-electron chi connectivity index (χ2n) is 5.19. The molecule has 1 aromatic carbocycles. The van der Waals surface area contributed by atoms with Gasteiger partial charge in [0.25, 0.3) is 0 Å². The lowest BCUT2D eigenvalue weighted by Gasteiger charge is -2.17. The average molecular weight is 350 g/mol. The Morgan fingerprint density at radius 1 is 1.22 bits per heavy atom. The molecule has 0 bridgehead atoms. The maximum atomic E-state index is 12.2. The Hall–Kier alpha value is -1.90. The first kappa shape index (κ1) is 19.1. The molecule has 1 aromatic rings. The number of anilines is 1. The number of halogens is 3. The fourth-order valence-electron chi connectivity index (χ4n) is 1.76. The fraction of sp³-hybridized carbons (Fsp3) is 0.429. The standard InChI is InChI=1S/C14H17F3N2O3S/c1-8(2)7-11(12(20)21)19-13(22)18-9-3-5-10(6-4-9)23-14(15,16)17/h3-6,8,11H,7H2,1-2H3,(H,20,21)(H2,18,19,22)/t11-/m0/s1. The maximum absolute atomic E-state index is 12.2. The molecule has 0 aliphatic heterocycles. The summed E-state index contributed by atoms with van der Waals surface area (Å²) in [6, 6.07) is 3.30. The van der Waals surface area contributed by atoms with Gasteiger partial charge in [0.15, 0.2) is 0 Å². The minimum atomic E-state index is -4.38. The number of hydrogen-bond acceptors (Lipinski definition) is 3. The highest BCUT2D eigenvalue weighted by Gasteiger charge is 2.29. The van der Waals surface area contributed by atoms with Crippen LogP contribution < -0.4 is 10.6 Å². The highest BCUT2D eigenvalue weighted by molar-refractivity contribution is 8.00. The van der Waals surface area contributed by atoms with E-state index >= 15 is 0 Å². The van der Waals surface area contributed by atoms with Crippen LogP contribution in [-0.4, -0.2) is 28.7 Å². The van der Waals surface area contributed by atoms with Crippen molar-refractivity contribution in [3.63, 3.8) is 0 Å². The zero-order valence-corrected chi connectivity index (χ0v) is 13.3. The molecule has 3 N–H and O–H groups in total. The monoisotopic (exact) mass is 350 g/mol. The zero-order chi connectivity index (χ0) is 17.6. The molecule has 1 rings (SSSR count). The Balaban J connectivity index is 2.61. The van der Waals surface area contributed by atoms with E-state index in [1.54, 1.807) is 0 Å². The highest BCUT2D eigenvalue weighted by Crippen LogP contribution is 2.36. The molecule has 0 aromatic heterocycles. The first-order valence-corrected chi connectivity index (χ1v) is 7.54. The largest absolute Gasteiger partial charge is 0.480 e. The SMILES string of the molecule is CC(C)C[C@H](NC(=O)Nc1ccc(SC(F)(F)F)cc1)C(=O)O. The van der Waals surface area contributed by atoms with Gasteiger partial charge in [0.1, 0.15) is 6.04 Å². The van der Waals surface area contributed by atoms with Crippen molar-refractivity contribution in [3.8, 4) is 0 Å². The zero-order valence-electron chi connectivity index (χ0n) is 12.5. The third-order valence-electron chi connectivity index (χ3n) is 2.66. The molecule has 0 aliphatic carbocycles. The van der Waals surface area contributed by atoms with Crippen molar-refractivity contribution < 1.29 is 27.9 Å². The van der Waals surface area contributed by atoms with E-state index in [1.807, 2.05) is 13.8 Å². The van der Waals surface area contributed by atoms with Gasteiger partial charge in [-0.1, -0.05) is 13.8 Å². The number of alkyl halides is 3. The van der Waals surface area contributed by atoms with Crippen LogP contribution in [0.25, 0.3) is 0 Å². The van der Waals surface area contributed by atoms with Gasteiger partial charge in [-0.05, 0) is 48.4 Å². The number of benzene rings is 1.